The van der Waals surface area contributed by atoms with Crippen LogP contribution in [0.5, 0.6) is 0 Å². The molecule has 0 saturated heterocycles. The van der Waals surface area contributed by atoms with Crippen LogP contribution in [0.15, 0.2) is 22.7 Å². The second-order valence-corrected chi connectivity index (χ2v) is 5.44. The summed E-state index contributed by atoms with van der Waals surface area (Å²) in [5, 5.41) is 3.39. The molecule has 4 heteroatoms. The second kappa shape index (κ2) is 7.87. The van der Waals surface area contributed by atoms with E-state index in [1.54, 1.807) is 0 Å². The highest BCUT2D eigenvalue weighted by Crippen LogP contribution is 2.18. The minimum atomic E-state index is -0.225. The average molecular weight is 318 g/mol. The molecule has 102 valence electrons. The maximum absolute atomic E-state index is 13.2. The van der Waals surface area contributed by atoms with E-state index in [-0.39, 0.29) is 18.0 Å². The SMILES string of the molecule is CCNC(COC(C)C)Cc1ccc(F)c(Br)c1. The third-order valence-corrected chi connectivity index (χ3v) is 3.20. The Hall–Kier alpha value is -0.450. The van der Waals surface area contributed by atoms with Gasteiger partial charge in [0.2, 0.25) is 0 Å². The van der Waals surface area contributed by atoms with Crippen molar-refractivity contribution in [2.45, 2.75) is 39.3 Å². The van der Waals surface area contributed by atoms with E-state index in [9.17, 15) is 4.39 Å². The Morgan fingerprint density at radius 3 is 2.67 bits per heavy atom. The second-order valence-electron chi connectivity index (χ2n) is 4.59. The van der Waals surface area contributed by atoms with Crippen LogP contribution >= 0.6 is 15.9 Å². The summed E-state index contributed by atoms with van der Waals surface area (Å²) in [6, 6.07) is 5.40. The molecule has 1 aromatic carbocycles. The molecule has 0 saturated carbocycles. The molecule has 0 aliphatic rings. The first-order valence-corrected chi connectivity index (χ1v) is 7.11. The number of likely N-dealkylation sites (N-methyl/N-ethyl adjacent to an activating group) is 1. The van der Waals surface area contributed by atoms with Crippen molar-refractivity contribution < 1.29 is 9.13 Å². The standard InChI is InChI=1S/C14H21BrFNO/c1-4-17-12(9-18-10(2)3)7-11-5-6-14(16)13(15)8-11/h5-6,8,10,12,17H,4,7,9H2,1-3H3. The van der Waals surface area contributed by atoms with Gasteiger partial charge in [-0.3, -0.25) is 0 Å². The number of ether oxygens (including phenoxy) is 1. The molecule has 1 N–H and O–H groups in total. The highest BCUT2D eigenvalue weighted by atomic mass is 79.9. The van der Waals surface area contributed by atoms with Crippen LogP contribution in [-0.4, -0.2) is 25.3 Å². The molecule has 0 radical (unpaired) electrons. The predicted molar refractivity (Wildman–Crippen MR) is 76.4 cm³/mol. The average Bonchev–Trinajstić information content (AvgIpc) is 2.31. The molecular formula is C14H21BrFNO. The minimum Gasteiger partial charge on any atom is -0.377 e. The van der Waals surface area contributed by atoms with Crippen LogP contribution in [0.2, 0.25) is 0 Å². The smallest absolute Gasteiger partial charge is 0.137 e. The van der Waals surface area contributed by atoms with Gasteiger partial charge in [0.1, 0.15) is 5.82 Å². The lowest BCUT2D eigenvalue weighted by Gasteiger charge is -2.19. The molecule has 0 bridgehead atoms. The Balaban J connectivity index is 2.61. The van der Waals surface area contributed by atoms with Crippen molar-refractivity contribution in [3.05, 3.63) is 34.1 Å². The molecular weight excluding hydrogens is 297 g/mol. The molecule has 1 aromatic rings. The Morgan fingerprint density at radius 2 is 2.11 bits per heavy atom. The number of halogens is 2. The summed E-state index contributed by atoms with van der Waals surface area (Å²) in [7, 11) is 0. The highest BCUT2D eigenvalue weighted by molar-refractivity contribution is 9.10. The molecule has 1 atom stereocenters. The van der Waals surface area contributed by atoms with E-state index in [4.69, 9.17) is 4.74 Å². The van der Waals surface area contributed by atoms with Crippen LogP contribution < -0.4 is 5.32 Å². The van der Waals surface area contributed by atoms with Gasteiger partial charge in [-0.2, -0.15) is 0 Å². The third kappa shape index (κ3) is 5.46. The van der Waals surface area contributed by atoms with Crippen molar-refractivity contribution in [3.63, 3.8) is 0 Å². The number of hydrogen-bond donors (Lipinski definition) is 1. The normalized spacial score (nSPS) is 13.0. The summed E-state index contributed by atoms with van der Waals surface area (Å²) in [5.74, 6) is -0.225. The monoisotopic (exact) mass is 317 g/mol. The molecule has 0 fully saturated rings. The summed E-state index contributed by atoms with van der Waals surface area (Å²) >= 11 is 3.21. The Morgan fingerprint density at radius 1 is 1.39 bits per heavy atom. The molecule has 0 heterocycles. The van der Waals surface area contributed by atoms with Crippen molar-refractivity contribution >= 4 is 15.9 Å². The van der Waals surface area contributed by atoms with E-state index >= 15 is 0 Å². The van der Waals surface area contributed by atoms with Crippen molar-refractivity contribution in [2.75, 3.05) is 13.2 Å². The van der Waals surface area contributed by atoms with Gasteiger partial charge in [-0.15, -0.1) is 0 Å². The summed E-state index contributed by atoms with van der Waals surface area (Å²) in [6.07, 6.45) is 1.06. The summed E-state index contributed by atoms with van der Waals surface area (Å²) in [6.45, 7) is 7.69. The highest BCUT2D eigenvalue weighted by Gasteiger charge is 2.11. The lowest BCUT2D eigenvalue weighted by Crippen LogP contribution is -2.36. The van der Waals surface area contributed by atoms with Crippen molar-refractivity contribution in [1.82, 2.24) is 5.32 Å². The maximum Gasteiger partial charge on any atom is 0.137 e. The lowest BCUT2D eigenvalue weighted by atomic mass is 10.1. The van der Waals surface area contributed by atoms with E-state index in [0.29, 0.717) is 11.1 Å². The van der Waals surface area contributed by atoms with Gasteiger partial charge >= 0.3 is 0 Å². The van der Waals surface area contributed by atoms with Gasteiger partial charge in [-0.25, -0.2) is 4.39 Å². The van der Waals surface area contributed by atoms with Gasteiger partial charge in [0, 0.05) is 6.04 Å². The van der Waals surface area contributed by atoms with Crippen molar-refractivity contribution in [2.24, 2.45) is 0 Å². The quantitative estimate of drug-likeness (QED) is 0.830. The molecule has 18 heavy (non-hydrogen) atoms. The van der Waals surface area contributed by atoms with Crippen LogP contribution in [0, 0.1) is 5.82 Å². The van der Waals surface area contributed by atoms with Crippen LogP contribution in [0.4, 0.5) is 4.39 Å². The van der Waals surface area contributed by atoms with E-state index < -0.39 is 0 Å². The first kappa shape index (κ1) is 15.6. The summed E-state index contributed by atoms with van der Waals surface area (Å²) in [4.78, 5) is 0. The fourth-order valence-corrected chi connectivity index (χ4v) is 2.16. The van der Waals surface area contributed by atoms with Crippen molar-refractivity contribution in [3.8, 4) is 0 Å². The van der Waals surface area contributed by atoms with Gasteiger partial charge in [0.15, 0.2) is 0 Å². The van der Waals surface area contributed by atoms with E-state index in [2.05, 4.69) is 28.2 Å². The molecule has 0 spiro atoms. The lowest BCUT2D eigenvalue weighted by molar-refractivity contribution is 0.0616. The number of hydrogen-bond acceptors (Lipinski definition) is 2. The van der Waals surface area contributed by atoms with Crippen LogP contribution in [0.1, 0.15) is 26.3 Å². The Kier molecular flexibility index (Phi) is 6.82. The summed E-state index contributed by atoms with van der Waals surface area (Å²) < 4.78 is 19.3. The van der Waals surface area contributed by atoms with Crippen molar-refractivity contribution in [1.29, 1.82) is 0 Å². The van der Waals surface area contributed by atoms with Crippen LogP contribution in [0.25, 0.3) is 0 Å². The van der Waals surface area contributed by atoms with Gasteiger partial charge < -0.3 is 10.1 Å². The zero-order chi connectivity index (χ0) is 13.5. The first-order valence-electron chi connectivity index (χ1n) is 6.31. The van der Waals surface area contributed by atoms with E-state index in [0.717, 1.165) is 18.5 Å². The largest absolute Gasteiger partial charge is 0.377 e. The third-order valence-electron chi connectivity index (χ3n) is 2.59. The minimum absolute atomic E-state index is 0.225. The predicted octanol–water partition coefficient (Wildman–Crippen LogP) is 3.53. The molecule has 0 aromatic heterocycles. The summed E-state index contributed by atoms with van der Waals surface area (Å²) in [5.41, 5.74) is 1.10. The van der Waals surface area contributed by atoms with Crippen LogP contribution in [-0.2, 0) is 11.2 Å². The molecule has 0 aliphatic heterocycles. The van der Waals surface area contributed by atoms with E-state index in [1.807, 2.05) is 26.0 Å². The Bertz CT molecular complexity index is 371. The van der Waals surface area contributed by atoms with Crippen LogP contribution in [0.3, 0.4) is 0 Å². The zero-order valence-corrected chi connectivity index (χ0v) is 12.8. The molecule has 1 unspecified atom stereocenters. The number of benzene rings is 1. The fraction of sp³-hybridized carbons (Fsp3) is 0.571. The van der Waals surface area contributed by atoms with Gasteiger partial charge in [0.05, 0.1) is 17.2 Å². The molecule has 1 rings (SSSR count). The number of nitrogens with one attached hydrogen (secondary N) is 1. The van der Waals surface area contributed by atoms with E-state index in [1.165, 1.54) is 6.07 Å². The molecule has 0 aliphatic carbocycles. The molecule has 2 nitrogen and oxygen atoms in total. The fourth-order valence-electron chi connectivity index (χ4n) is 1.74. The van der Waals surface area contributed by atoms with Gasteiger partial charge in [0.25, 0.3) is 0 Å². The Labute approximate surface area is 117 Å². The first-order chi connectivity index (χ1) is 8.52. The van der Waals surface area contributed by atoms with Gasteiger partial charge in [-0.05, 0) is 60.4 Å². The topological polar surface area (TPSA) is 21.3 Å². The number of rotatable bonds is 7. The van der Waals surface area contributed by atoms with Gasteiger partial charge in [-0.1, -0.05) is 13.0 Å². The maximum atomic E-state index is 13.2. The zero-order valence-electron chi connectivity index (χ0n) is 11.2. The molecule has 0 amide bonds.